The molecule has 3 rings (SSSR count). The molecule has 2 heterocycles. The molecule has 2 amide bonds. The van der Waals surface area contributed by atoms with E-state index in [9.17, 15) is 9.59 Å². The smallest absolute Gasteiger partial charge is 0.256 e. The first kappa shape index (κ1) is 20.4. The molecule has 1 aliphatic rings. The van der Waals surface area contributed by atoms with E-state index in [1.807, 2.05) is 0 Å². The highest BCUT2D eigenvalue weighted by Crippen LogP contribution is 2.34. The molecule has 1 atom stereocenters. The molecule has 2 aromatic rings. The number of carbonyl (C=O) groups excluding carboxylic acids is 2. The number of anilines is 1. The molecule has 0 fully saturated rings. The molecule has 1 aliphatic heterocycles. The van der Waals surface area contributed by atoms with Gasteiger partial charge >= 0.3 is 0 Å². The first-order valence-electron chi connectivity index (χ1n) is 9.85. The van der Waals surface area contributed by atoms with Crippen LogP contribution in [0.1, 0.15) is 57.8 Å². The zero-order chi connectivity index (χ0) is 20.1. The standard InChI is InChI=1S/C21H27N3O3S/c1-3-5-12-27-15-8-6-14(7-9-15)20(26)23-21-18(19(22)25)16-10-11-24(4-2)13-17(16)28-21/h6-9H,3-5,10-13H2,1-2H3,(H2,22,25)(H,23,26)/p+1. The van der Waals surface area contributed by atoms with E-state index in [1.165, 1.54) is 16.2 Å². The number of hydrogen-bond donors (Lipinski definition) is 3. The van der Waals surface area contributed by atoms with E-state index in [-0.39, 0.29) is 5.91 Å². The number of fused-ring (bicyclic) bond motifs is 1. The quantitative estimate of drug-likeness (QED) is 0.592. The molecule has 0 aliphatic carbocycles. The maximum atomic E-state index is 12.7. The van der Waals surface area contributed by atoms with Gasteiger partial charge in [-0.15, -0.1) is 11.3 Å². The van der Waals surface area contributed by atoms with Crippen LogP contribution < -0.4 is 20.7 Å². The molecule has 0 saturated heterocycles. The Bertz CT molecular complexity index is 845. The van der Waals surface area contributed by atoms with Gasteiger partial charge < -0.3 is 20.7 Å². The number of nitrogens with one attached hydrogen (secondary N) is 2. The number of rotatable bonds is 8. The lowest BCUT2D eigenvalue weighted by molar-refractivity contribution is -0.913. The summed E-state index contributed by atoms with van der Waals surface area (Å²) >= 11 is 1.47. The van der Waals surface area contributed by atoms with Crippen LogP contribution in [0.2, 0.25) is 0 Å². The maximum absolute atomic E-state index is 12.7. The number of nitrogens with two attached hydrogens (primary N) is 1. The van der Waals surface area contributed by atoms with Crippen LogP contribution in [0, 0.1) is 0 Å². The van der Waals surface area contributed by atoms with Gasteiger partial charge in [-0.2, -0.15) is 0 Å². The van der Waals surface area contributed by atoms with Crippen molar-refractivity contribution in [1.29, 1.82) is 0 Å². The Morgan fingerprint density at radius 1 is 1.25 bits per heavy atom. The molecule has 7 heteroatoms. The average Bonchev–Trinajstić information content (AvgIpc) is 3.05. The normalized spacial score (nSPS) is 15.7. The Hall–Kier alpha value is -2.38. The van der Waals surface area contributed by atoms with Crippen LogP contribution >= 0.6 is 11.3 Å². The average molecular weight is 403 g/mol. The third kappa shape index (κ3) is 4.54. The molecule has 1 unspecified atom stereocenters. The predicted octanol–water partition coefficient (Wildman–Crippen LogP) is 2.24. The van der Waals surface area contributed by atoms with Crippen molar-refractivity contribution in [2.45, 2.75) is 39.7 Å². The van der Waals surface area contributed by atoms with Crippen LogP contribution in [0.15, 0.2) is 24.3 Å². The third-order valence-electron chi connectivity index (χ3n) is 5.09. The van der Waals surface area contributed by atoms with Crippen molar-refractivity contribution in [3.63, 3.8) is 0 Å². The van der Waals surface area contributed by atoms with E-state index in [1.54, 1.807) is 24.3 Å². The van der Waals surface area contributed by atoms with Crippen LogP contribution in [0.25, 0.3) is 0 Å². The fourth-order valence-electron chi connectivity index (χ4n) is 3.40. The molecule has 4 N–H and O–H groups in total. The Balaban J connectivity index is 1.75. The van der Waals surface area contributed by atoms with Crippen LogP contribution in [0.5, 0.6) is 5.75 Å². The number of thiophene rings is 1. The van der Waals surface area contributed by atoms with Gasteiger partial charge in [0.05, 0.1) is 30.1 Å². The summed E-state index contributed by atoms with van der Waals surface area (Å²) in [6.07, 6.45) is 2.89. The largest absolute Gasteiger partial charge is 0.494 e. The SMILES string of the molecule is CCCCOc1ccc(C(=O)Nc2sc3c(c2C(N)=O)CC[NH+](CC)C3)cc1. The van der Waals surface area contributed by atoms with Gasteiger partial charge in [-0.3, -0.25) is 9.59 Å². The number of amides is 2. The summed E-state index contributed by atoms with van der Waals surface area (Å²) in [4.78, 5) is 27.4. The zero-order valence-corrected chi connectivity index (χ0v) is 17.3. The number of primary amides is 1. The number of ether oxygens (including phenoxy) is 1. The van der Waals surface area contributed by atoms with Crippen molar-refractivity contribution in [2.24, 2.45) is 5.73 Å². The van der Waals surface area contributed by atoms with E-state index in [0.717, 1.165) is 55.1 Å². The van der Waals surface area contributed by atoms with E-state index >= 15 is 0 Å². The fraction of sp³-hybridized carbons (Fsp3) is 0.429. The fourth-order valence-corrected chi connectivity index (χ4v) is 4.72. The molecule has 0 saturated carbocycles. The van der Waals surface area contributed by atoms with E-state index < -0.39 is 5.91 Å². The second kappa shape index (κ2) is 9.21. The summed E-state index contributed by atoms with van der Waals surface area (Å²) in [6, 6.07) is 7.05. The van der Waals surface area contributed by atoms with Crippen molar-refractivity contribution in [3.05, 3.63) is 45.8 Å². The highest BCUT2D eigenvalue weighted by Gasteiger charge is 2.29. The summed E-state index contributed by atoms with van der Waals surface area (Å²) in [5, 5.41) is 3.46. The van der Waals surface area contributed by atoms with Crippen LogP contribution in [0.4, 0.5) is 5.00 Å². The van der Waals surface area contributed by atoms with E-state index in [2.05, 4.69) is 19.2 Å². The molecule has 0 bridgehead atoms. The highest BCUT2D eigenvalue weighted by atomic mass is 32.1. The second-order valence-corrected chi connectivity index (χ2v) is 8.14. The Morgan fingerprint density at radius 3 is 2.64 bits per heavy atom. The molecule has 1 aromatic heterocycles. The maximum Gasteiger partial charge on any atom is 0.256 e. The molecular weight excluding hydrogens is 374 g/mol. The Morgan fingerprint density at radius 2 is 2.00 bits per heavy atom. The molecule has 1 aromatic carbocycles. The van der Waals surface area contributed by atoms with E-state index in [0.29, 0.717) is 22.7 Å². The number of hydrogen-bond acceptors (Lipinski definition) is 4. The lowest BCUT2D eigenvalue weighted by Crippen LogP contribution is -3.11. The van der Waals surface area contributed by atoms with Gasteiger partial charge in [-0.05, 0) is 43.2 Å². The van der Waals surface area contributed by atoms with Crippen molar-refractivity contribution >= 4 is 28.2 Å². The lowest BCUT2D eigenvalue weighted by atomic mass is 10.0. The predicted molar refractivity (Wildman–Crippen MR) is 111 cm³/mol. The summed E-state index contributed by atoms with van der Waals surface area (Å²) in [7, 11) is 0. The number of benzene rings is 1. The van der Waals surface area contributed by atoms with Crippen molar-refractivity contribution < 1.29 is 19.2 Å². The lowest BCUT2D eigenvalue weighted by Gasteiger charge is -2.22. The minimum Gasteiger partial charge on any atom is -0.494 e. The van der Waals surface area contributed by atoms with Gasteiger partial charge in [-0.1, -0.05) is 13.3 Å². The van der Waals surface area contributed by atoms with Gasteiger partial charge in [0.1, 0.15) is 17.3 Å². The van der Waals surface area contributed by atoms with Crippen LogP contribution in [0.3, 0.4) is 0 Å². The first-order chi connectivity index (χ1) is 13.5. The van der Waals surface area contributed by atoms with Gasteiger partial charge in [0.25, 0.3) is 11.8 Å². The van der Waals surface area contributed by atoms with Crippen molar-refractivity contribution in [2.75, 3.05) is 25.0 Å². The summed E-state index contributed by atoms with van der Waals surface area (Å²) in [5.74, 6) is 0.0189. The van der Waals surface area contributed by atoms with Crippen LogP contribution in [-0.2, 0) is 13.0 Å². The number of unbranched alkanes of at least 4 members (excludes halogenated alkanes) is 1. The second-order valence-electron chi connectivity index (χ2n) is 7.03. The number of carbonyl (C=O) groups is 2. The molecule has 0 radical (unpaired) electrons. The molecule has 150 valence electrons. The van der Waals surface area contributed by atoms with Crippen LogP contribution in [-0.4, -0.2) is 31.5 Å². The first-order valence-corrected chi connectivity index (χ1v) is 10.7. The monoisotopic (exact) mass is 402 g/mol. The number of quaternary nitrogens is 1. The Labute approximate surface area is 169 Å². The summed E-state index contributed by atoms with van der Waals surface area (Å²) in [6.45, 7) is 7.82. The number of likely N-dealkylation sites (N-methyl/N-ethyl adjacent to an activating group) is 1. The molecule has 0 spiro atoms. The van der Waals surface area contributed by atoms with Crippen molar-refractivity contribution in [1.82, 2.24) is 0 Å². The third-order valence-corrected chi connectivity index (χ3v) is 6.23. The summed E-state index contributed by atoms with van der Waals surface area (Å²) in [5.41, 5.74) is 7.63. The minimum atomic E-state index is -0.479. The highest BCUT2D eigenvalue weighted by molar-refractivity contribution is 7.17. The molecular formula is C21H28N3O3S+. The van der Waals surface area contributed by atoms with Gasteiger partial charge in [-0.25, -0.2) is 0 Å². The van der Waals surface area contributed by atoms with E-state index in [4.69, 9.17) is 10.5 Å². The van der Waals surface area contributed by atoms with Gasteiger partial charge in [0.2, 0.25) is 0 Å². The van der Waals surface area contributed by atoms with Crippen molar-refractivity contribution in [3.8, 4) is 5.75 Å². The summed E-state index contributed by atoms with van der Waals surface area (Å²) < 4.78 is 5.63. The topological polar surface area (TPSA) is 85.9 Å². The Kier molecular flexibility index (Phi) is 6.70. The molecule has 6 nitrogen and oxygen atoms in total. The van der Waals surface area contributed by atoms with Gasteiger partial charge in [0.15, 0.2) is 0 Å². The minimum absolute atomic E-state index is 0.249. The molecule has 28 heavy (non-hydrogen) atoms. The van der Waals surface area contributed by atoms with Gasteiger partial charge in [0, 0.05) is 12.0 Å². The zero-order valence-electron chi connectivity index (χ0n) is 16.5.